The van der Waals surface area contributed by atoms with Gasteiger partial charge in [0.25, 0.3) is 5.91 Å². The van der Waals surface area contributed by atoms with Crippen LogP contribution in [0.2, 0.25) is 0 Å². The fraction of sp³-hybridized carbons (Fsp3) is 0.471. The molecule has 6 heteroatoms. The van der Waals surface area contributed by atoms with E-state index in [-0.39, 0.29) is 18.4 Å². The van der Waals surface area contributed by atoms with E-state index >= 15 is 0 Å². The Labute approximate surface area is 136 Å². The molecular formula is C17H22N2O4. The molecular weight excluding hydrogens is 296 g/mol. The number of hydrogen-bond donors (Lipinski definition) is 0. The highest BCUT2D eigenvalue weighted by Gasteiger charge is 2.33. The average Bonchev–Trinajstić information content (AvgIpc) is 2.55. The molecule has 0 aromatic heterocycles. The Morgan fingerprint density at radius 3 is 2.52 bits per heavy atom. The molecule has 2 rings (SSSR count). The highest BCUT2D eigenvalue weighted by molar-refractivity contribution is 5.96. The maximum atomic E-state index is 12.5. The van der Waals surface area contributed by atoms with Gasteiger partial charge >= 0.3 is 5.97 Å². The molecule has 1 aromatic carbocycles. The molecule has 1 unspecified atom stereocenters. The van der Waals surface area contributed by atoms with Crippen molar-refractivity contribution in [3.63, 3.8) is 0 Å². The summed E-state index contributed by atoms with van der Waals surface area (Å²) in [6, 6.07) is 7.09. The van der Waals surface area contributed by atoms with Gasteiger partial charge in [0.1, 0.15) is 0 Å². The summed E-state index contributed by atoms with van der Waals surface area (Å²) in [5.74, 6) is -0.963. The Hall–Kier alpha value is -2.37. The molecule has 0 fully saturated rings. The molecule has 1 heterocycles. The Bertz CT molecular complexity index is 610. The number of fused-ring (bicyclic) bond motifs is 1. The molecule has 1 aliphatic rings. The number of nitrogens with zero attached hydrogens (tertiary/aromatic N) is 2. The molecule has 0 radical (unpaired) electrons. The molecule has 1 aromatic rings. The van der Waals surface area contributed by atoms with Gasteiger partial charge in [-0.1, -0.05) is 18.2 Å². The molecule has 23 heavy (non-hydrogen) atoms. The zero-order valence-corrected chi connectivity index (χ0v) is 13.7. The lowest BCUT2D eigenvalue weighted by Crippen LogP contribution is -2.47. The summed E-state index contributed by atoms with van der Waals surface area (Å²) in [7, 11) is 1.55. The van der Waals surface area contributed by atoms with Crippen LogP contribution in [0.5, 0.6) is 0 Å². The minimum Gasteiger partial charge on any atom is -0.448 e. The normalized spacial score (nSPS) is 16.3. The first-order chi connectivity index (χ1) is 11.0. The van der Waals surface area contributed by atoms with Crippen molar-refractivity contribution < 1.29 is 19.1 Å². The van der Waals surface area contributed by atoms with E-state index in [9.17, 15) is 14.4 Å². The number of carbonyl (C=O) groups excluding carboxylic acids is 3. The number of rotatable bonds is 5. The van der Waals surface area contributed by atoms with E-state index in [2.05, 4.69) is 0 Å². The number of cyclic esters (lactones) is 1. The van der Waals surface area contributed by atoms with Crippen molar-refractivity contribution in [2.75, 3.05) is 26.7 Å². The number of hydrogen-bond acceptors (Lipinski definition) is 4. The maximum Gasteiger partial charge on any atom is 0.339 e. The van der Waals surface area contributed by atoms with Crippen LogP contribution in [0, 0.1) is 0 Å². The molecule has 1 aliphatic heterocycles. The zero-order chi connectivity index (χ0) is 17.0. The lowest BCUT2D eigenvalue weighted by molar-refractivity contribution is -0.145. The Morgan fingerprint density at radius 1 is 1.22 bits per heavy atom. The van der Waals surface area contributed by atoms with E-state index in [1.807, 2.05) is 26.0 Å². The fourth-order valence-electron chi connectivity index (χ4n) is 2.67. The van der Waals surface area contributed by atoms with Crippen LogP contribution in [-0.2, 0) is 20.7 Å². The molecule has 6 nitrogen and oxygen atoms in total. The highest BCUT2D eigenvalue weighted by atomic mass is 16.5. The van der Waals surface area contributed by atoms with Crippen molar-refractivity contribution in [1.82, 2.24) is 9.80 Å². The number of carbonyl (C=O) groups is 3. The van der Waals surface area contributed by atoms with E-state index < -0.39 is 12.1 Å². The second-order valence-corrected chi connectivity index (χ2v) is 5.52. The largest absolute Gasteiger partial charge is 0.448 e. The predicted molar refractivity (Wildman–Crippen MR) is 84.9 cm³/mol. The van der Waals surface area contributed by atoms with Gasteiger partial charge in [0, 0.05) is 26.6 Å². The average molecular weight is 318 g/mol. The van der Waals surface area contributed by atoms with Gasteiger partial charge in [-0.05, 0) is 25.5 Å². The van der Waals surface area contributed by atoms with Crippen LogP contribution in [-0.4, -0.2) is 60.4 Å². The van der Waals surface area contributed by atoms with Crippen LogP contribution in [0.1, 0.15) is 29.8 Å². The van der Waals surface area contributed by atoms with E-state index in [0.29, 0.717) is 25.1 Å². The number of ether oxygens (including phenoxy) is 1. The first kappa shape index (κ1) is 17.0. The first-order valence-corrected chi connectivity index (χ1v) is 7.79. The number of likely N-dealkylation sites (N-methyl/N-ethyl adjacent to an activating group) is 2. The van der Waals surface area contributed by atoms with Gasteiger partial charge in [0.05, 0.1) is 12.1 Å². The fourth-order valence-corrected chi connectivity index (χ4v) is 2.67. The quantitative estimate of drug-likeness (QED) is 0.762. The van der Waals surface area contributed by atoms with Crippen molar-refractivity contribution in [2.45, 2.75) is 26.4 Å². The minimum atomic E-state index is -0.869. The van der Waals surface area contributed by atoms with Crippen molar-refractivity contribution in [2.24, 2.45) is 0 Å². The van der Waals surface area contributed by atoms with E-state index in [1.54, 1.807) is 24.1 Å². The third-order valence-electron chi connectivity index (χ3n) is 4.03. The summed E-state index contributed by atoms with van der Waals surface area (Å²) >= 11 is 0. The van der Waals surface area contributed by atoms with Crippen LogP contribution in [0.15, 0.2) is 24.3 Å². The van der Waals surface area contributed by atoms with E-state index in [4.69, 9.17) is 4.74 Å². The highest BCUT2D eigenvalue weighted by Crippen LogP contribution is 2.21. The Kier molecular flexibility index (Phi) is 5.36. The predicted octanol–water partition coefficient (Wildman–Crippen LogP) is 1.09. The zero-order valence-electron chi connectivity index (χ0n) is 13.7. The van der Waals surface area contributed by atoms with Crippen LogP contribution < -0.4 is 0 Å². The Morgan fingerprint density at radius 2 is 1.87 bits per heavy atom. The third kappa shape index (κ3) is 3.70. The molecule has 0 saturated carbocycles. The van der Waals surface area contributed by atoms with Crippen molar-refractivity contribution in [3.8, 4) is 0 Å². The molecule has 0 N–H and O–H groups in total. The standard InChI is InChI=1S/C17H22N2O4/c1-4-19(5-2)15(20)11-18(3)16(21)14-10-12-8-6-7-9-13(12)17(22)23-14/h6-9,14H,4-5,10-11H2,1-3H3. The summed E-state index contributed by atoms with van der Waals surface area (Å²) in [4.78, 5) is 39.5. The molecule has 124 valence electrons. The monoisotopic (exact) mass is 318 g/mol. The Balaban J connectivity index is 2.04. The lowest BCUT2D eigenvalue weighted by Gasteiger charge is -2.28. The van der Waals surface area contributed by atoms with Gasteiger partial charge in [-0.25, -0.2) is 4.79 Å². The van der Waals surface area contributed by atoms with Crippen LogP contribution in [0.3, 0.4) is 0 Å². The van der Waals surface area contributed by atoms with Gasteiger partial charge in [-0.15, -0.1) is 0 Å². The van der Waals surface area contributed by atoms with Crippen molar-refractivity contribution in [3.05, 3.63) is 35.4 Å². The molecule has 0 bridgehead atoms. The van der Waals surface area contributed by atoms with Gasteiger partial charge in [0.2, 0.25) is 5.91 Å². The smallest absolute Gasteiger partial charge is 0.339 e. The molecule has 2 amide bonds. The SMILES string of the molecule is CCN(CC)C(=O)CN(C)C(=O)C1Cc2ccccc2C(=O)O1. The minimum absolute atomic E-state index is 0.0176. The van der Waals surface area contributed by atoms with Crippen LogP contribution in [0.4, 0.5) is 0 Å². The van der Waals surface area contributed by atoms with Crippen LogP contribution in [0.25, 0.3) is 0 Å². The second kappa shape index (κ2) is 7.26. The molecule has 1 atom stereocenters. The first-order valence-electron chi connectivity index (χ1n) is 7.79. The maximum absolute atomic E-state index is 12.5. The summed E-state index contributed by atoms with van der Waals surface area (Å²) in [6.45, 7) is 4.97. The number of amides is 2. The summed E-state index contributed by atoms with van der Waals surface area (Å²) in [5.41, 5.74) is 1.30. The number of esters is 1. The van der Waals surface area contributed by atoms with Crippen LogP contribution >= 0.6 is 0 Å². The topological polar surface area (TPSA) is 66.9 Å². The van der Waals surface area contributed by atoms with Crippen molar-refractivity contribution in [1.29, 1.82) is 0 Å². The second-order valence-electron chi connectivity index (χ2n) is 5.52. The van der Waals surface area contributed by atoms with Crippen molar-refractivity contribution >= 4 is 17.8 Å². The molecule has 0 aliphatic carbocycles. The number of benzene rings is 1. The lowest BCUT2D eigenvalue weighted by atomic mass is 9.98. The molecule has 0 saturated heterocycles. The van der Waals surface area contributed by atoms with E-state index in [1.165, 1.54) is 4.90 Å². The van der Waals surface area contributed by atoms with Gasteiger partial charge in [0.15, 0.2) is 6.10 Å². The summed E-state index contributed by atoms with van der Waals surface area (Å²) in [6.07, 6.45) is -0.531. The summed E-state index contributed by atoms with van der Waals surface area (Å²) in [5, 5.41) is 0. The molecule has 0 spiro atoms. The van der Waals surface area contributed by atoms with Gasteiger partial charge in [-0.3, -0.25) is 9.59 Å². The van der Waals surface area contributed by atoms with E-state index in [0.717, 1.165) is 5.56 Å². The van der Waals surface area contributed by atoms with Gasteiger partial charge < -0.3 is 14.5 Å². The summed E-state index contributed by atoms with van der Waals surface area (Å²) < 4.78 is 5.24. The van der Waals surface area contributed by atoms with Gasteiger partial charge in [-0.2, -0.15) is 0 Å². The third-order valence-corrected chi connectivity index (χ3v) is 4.03.